The van der Waals surface area contributed by atoms with E-state index in [0.29, 0.717) is 12.1 Å². The molecule has 0 aliphatic carbocycles. The fraction of sp³-hybridized carbons (Fsp3) is 0.647. The highest BCUT2D eigenvalue weighted by Crippen LogP contribution is 2.22. The minimum atomic E-state index is 0.566. The van der Waals surface area contributed by atoms with Gasteiger partial charge in [-0.2, -0.15) is 0 Å². The average Bonchev–Trinajstić information content (AvgIpc) is 2.36. The van der Waals surface area contributed by atoms with Gasteiger partial charge < -0.3 is 5.32 Å². The van der Waals surface area contributed by atoms with E-state index in [-0.39, 0.29) is 0 Å². The number of nitrogens with one attached hydrogen (secondary N) is 1. The quantitative estimate of drug-likeness (QED) is 0.907. The lowest BCUT2D eigenvalue weighted by Gasteiger charge is -2.39. The standard InChI is InChI=1S/C17H27ClN2/c1-12(2)7-16-11-20(14(4)9-19-16)10-15-6-5-13(3)8-17(15)18/h5-6,8,12,14,16,19H,7,9-11H2,1-4H3. The molecule has 0 spiro atoms. The van der Waals surface area contributed by atoms with Crippen molar-refractivity contribution in [3.8, 4) is 0 Å². The van der Waals surface area contributed by atoms with E-state index in [4.69, 9.17) is 11.6 Å². The van der Waals surface area contributed by atoms with E-state index in [1.165, 1.54) is 17.5 Å². The Morgan fingerprint density at radius 2 is 2.15 bits per heavy atom. The van der Waals surface area contributed by atoms with Crippen LogP contribution in [0.1, 0.15) is 38.3 Å². The zero-order chi connectivity index (χ0) is 14.7. The smallest absolute Gasteiger partial charge is 0.0453 e. The topological polar surface area (TPSA) is 15.3 Å². The molecular formula is C17H27ClN2. The molecule has 3 heteroatoms. The van der Waals surface area contributed by atoms with Crippen molar-refractivity contribution < 1.29 is 0 Å². The molecule has 1 N–H and O–H groups in total. The Kier molecular flexibility index (Phi) is 5.48. The Labute approximate surface area is 128 Å². The van der Waals surface area contributed by atoms with Crippen LogP contribution >= 0.6 is 11.6 Å². The second-order valence-corrected chi connectivity index (χ2v) is 7.02. The van der Waals surface area contributed by atoms with Crippen molar-refractivity contribution in [2.24, 2.45) is 5.92 Å². The second kappa shape index (κ2) is 6.93. The number of aryl methyl sites for hydroxylation is 1. The second-order valence-electron chi connectivity index (χ2n) is 6.61. The summed E-state index contributed by atoms with van der Waals surface area (Å²) >= 11 is 6.37. The molecule has 2 atom stereocenters. The number of hydrogen-bond donors (Lipinski definition) is 1. The van der Waals surface area contributed by atoms with Gasteiger partial charge in [-0.1, -0.05) is 37.6 Å². The zero-order valence-corrected chi connectivity index (χ0v) is 13.9. The van der Waals surface area contributed by atoms with E-state index in [9.17, 15) is 0 Å². The van der Waals surface area contributed by atoms with Crippen molar-refractivity contribution in [1.29, 1.82) is 0 Å². The van der Waals surface area contributed by atoms with Gasteiger partial charge in [0.1, 0.15) is 0 Å². The summed E-state index contributed by atoms with van der Waals surface area (Å²) in [5.74, 6) is 0.741. The minimum Gasteiger partial charge on any atom is -0.311 e. The maximum Gasteiger partial charge on any atom is 0.0453 e. The monoisotopic (exact) mass is 294 g/mol. The van der Waals surface area contributed by atoms with Crippen LogP contribution in [0.15, 0.2) is 18.2 Å². The Bertz CT molecular complexity index is 445. The summed E-state index contributed by atoms with van der Waals surface area (Å²) in [6.07, 6.45) is 1.24. The normalized spacial score (nSPS) is 24.3. The van der Waals surface area contributed by atoms with Gasteiger partial charge in [-0.15, -0.1) is 0 Å². The number of nitrogens with zero attached hydrogens (tertiary/aromatic N) is 1. The number of piperazine rings is 1. The minimum absolute atomic E-state index is 0.566. The molecule has 0 radical (unpaired) electrons. The van der Waals surface area contributed by atoms with Crippen molar-refractivity contribution >= 4 is 11.6 Å². The molecule has 1 heterocycles. The molecule has 1 saturated heterocycles. The van der Waals surface area contributed by atoms with Crippen LogP contribution in [0.5, 0.6) is 0 Å². The summed E-state index contributed by atoms with van der Waals surface area (Å²) in [4.78, 5) is 2.56. The van der Waals surface area contributed by atoms with Gasteiger partial charge in [0, 0.05) is 36.7 Å². The van der Waals surface area contributed by atoms with Crippen LogP contribution < -0.4 is 5.32 Å². The van der Waals surface area contributed by atoms with Gasteiger partial charge in [-0.25, -0.2) is 0 Å². The SMILES string of the molecule is Cc1ccc(CN2CC(CC(C)C)NCC2C)c(Cl)c1. The van der Waals surface area contributed by atoms with Gasteiger partial charge >= 0.3 is 0 Å². The predicted molar refractivity (Wildman–Crippen MR) is 87.3 cm³/mol. The molecule has 0 bridgehead atoms. The summed E-state index contributed by atoms with van der Waals surface area (Å²) in [7, 11) is 0. The van der Waals surface area contributed by atoms with E-state index in [1.54, 1.807) is 0 Å². The highest BCUT2D eigenvalue weighted by Gasteiger charge is 2.25. The molecule has 20 heavy (non-hydrogen) atoms. The maximum absolute atomic E-state index is 6.37. The summed E-state index contributed by atoms with van der Waals surface area (Å²) in [6.45, 7) is 12.1. The fourth-order valence-electron chi connectivity index (χ4n) is 2.94. The summed E-state index contributed by atoms with van der Waals surface area (Å²) in [5.41, 5.74) is 2.47. The molecule has 2 unspecified atom stereocenters. The number of hydrogen-bond acceptors (Lipinski definition) is 2. The summed E-state index contributed by atoms with van der Waals surface area (Å²) in [5, 5.41) is 4.56. The number of benzene rings is 1. The van der Waals surface area contributed by atoms with E-state index in [2.05, 4.69) is 56.1 Å². The van der Waals surface area contributed by atoms with Crippen LogP contribution in [0.3, 0.4) is 0 Å². The molecule has 1 aliphatic rings. The van der Waals surface area contributed by atoms with Crippen LogP contribution in [-0.4, -0.2) is 30.1 Å². The molecule has 1 aromatic carbocycles. The van der Waals surface area contributed by atoms with Crippen molar-refractivity contribution in [1.82, 2.24) is 10.2 Å². The van der Waals surface area contributed by atoms with Gasteiger partial charge in [-0.05, 0) is 43.4 Å². The van der Waals surface area contributed by atoms with Crippen molar-refractivity contribution in [3.63, 3.8) is 0 Å². The lowest BCUT2D eigenvalue weighted by molar-refractivity contribution is 0.125. The van der Waals surface area contributed by atoms with Crippen LogP contribution in [-0.2, 0) is 6.54 Å². The molecule has 0 saturated carbocycles. The molecule has 2 nitrogen and oxygen atoms in total. The van der Waals surface area contributed by atoms with Gasteiger partial charge in [0.05, 0.1) is 0 Å². The third kappa shape index (κ3) is 4.21. The molecule has 1 fully saturated rings. The summed E-state index contributed by atoms with van der Waals surface area (Å²) < 4.78 is 0. The third-order valence-electron chi connectivity index (χ3n) is 4.12. The van der Waals surface area contributed by atoms with Crippen molar-refractivity contribution in [2.45, 2.75) is 52.7 Å². The molecule has 2 rings (SSSR count). The highest BCUT2D eigenvalue weighted by molar-refractivity contribution is 6.31. The first kappa shape index (κ1) is 15.8. The Balaban J connectivity index is 2.02. The summed E-state index contributed by atoms with van der Waals surface area (Å²) in [6, 6.07) is 7.56. The lowest BCUT2D eigenvalue weighted by atomic mass is 9.99. The molecule has 0 amide bonds. The van der Waals surface area contributed by atoms with Crippen LogP contribution in [0, 0.1) is 12.8 Å². The first-order chi connectivity index (χ1) is 9.45. The van der Waals surface area contributed by atoms with E-state index in [0.717, 1.165) is 30.6 Å². The van der Waals surface area contributed by atoms with Crippen molar-refractivity contribution in [3.05, 3.63) is 34.3 Å². The molecular weight excluding hydrogens is 268 g/mol. The maximum atomic E-state index is 6.37. The number of halogens is 1. The Morgan fingerprint density at radius 3 is 2.80 bits per heavy atom. The molecule has 112 valence electrons. The van der Waals surface area contributed by atoms with E-state index >= 15 is 0 Å². The van der Waals surface area contributed by atoms with Gasteiger partial charge in [0.25, 0.3) is 0 Å². The highest BCUT2D eigenvalue weighted by atomic mass is 35.5. The molecule has 0 aromatic heterocycles. The van der Waals surface area contributed by atoms with Gasteiger partial charge in [0.2, 0.25) is 0 Å². The van der Waals surface area contributed by atoms with E-state index < -0.39 is 0 Å². The Morgan fingerprint density at radius 1 is 1.40 bits per heavy atom. The fourth-order valence-corrected chi connectivity index (χ4v) is 3.24. The first-order valence-electron chi connectivity index (χ1n) is 7.68. The largest absolute Gasteiger partial charge is 0.311 e. The Hall–Kier alpha value is -0.570. The third-order valence-corrected chi connectivity index (χ3v) is 4.47. The van der Waals surface area contributed by atoms with Crippen LogP contribution in [0.25, 0.3) is 0 Å². The van der Waals surface area contributed by atoms with Crippen LogP contribution in [0.2, 0.25) is 5.02 Å². The lowest BCUT2D eigenvalue weighted by Crippen LogP contribution is -2.55. The zero-order valence-electron chi connectivity index (χ0n) is 13.1. The number of rotatable bonds is 4. The molecule has 1 aliphatic heterocycles. The van der Waals surface area contributed by atoms with E-state index in [1.807, 2.05) is 0 Å². The van der Waals surface area contributed by atoms with Gasteiger partial charge in [-0.3, -0.25) is 4.90 Å². The first-order valence-corrected chi connectivity index (χ1v) is 8.06. The predicted octanol–water partition coefficient (Wildman–Crippen LogP) is 3.86. The van der Waals surface area contributed by atoms with Crippen LogP contribution in [0.4, 0.5) is 0 Å². The molecule has 1 aromatic rings. The average molecular weight is 295 g/mol. The van der Waals surface area contributed by atoms with Gasteiger partial charge in [0.15, 0.2) is 0 Å². The van der Waals surface area contributed by atoms with Crippen molar-refractivity contribution in [2.75, 3.05) is 13.1 Å².